The summed E-state index contributed by atoms with van der Waals surface area (Å²) >= 11 is 6.33. The highest BCUT2D eigenvalue weighted by Gasteiger charge is 2.47. The van der Waals surface area contributed by atoms with Gasteiger partial charge in [0.05, 0.1) is 0 Å². The Kier molecular flexibility index (Phi) is 7.47. The zero-order valence-corrected chi connectivity index (χ0v) is 18.3. The van der Waals surface area contributed by atoms with Gasteiger partial charge in [-0.3, -0.25) is 9.69 Å². The molecule has 0 bridgehead atoms. The molecule has 30 heavy (non-hydrogen) atoms. The summed E-state index contributed by atoms with van der Waals surface area (Å²) in [7, 11) is 1.29. The van der Waals surface area contributed by atoms with Crippen molar-refractivity contribution in [1.82, 2.24) is 4.90 Å². The minimum atomic E-state index is -1.71. The van der Waals surface area contributed by atoms with E-state index in [4.69, 9.17) is 26.8 Å². The average Bonchev–Trinajstić information content (AvgIpc) is 2.72. The summed E-state index contributed by atoms with van der Waals surface area (Å²) in [5.41, 5.74) is 5.40. The second kappa shape index (κ2) is 9.47. The number of halogens is 1. The molecule has 0 heterocycles. The van der Waals surface area contributed by atoms with Crippen LogP contribution in [0, 0.1) is 0 Å². The Balaban J connectivity index is 2.95. The Hall–Kier alpha value is -2.61. The Morgan fingerprint density at radius 1 is 1.07 bits per heavy atom. The fourth-order valence-corrected chi connectivity index (χ4v) is 3.64. The van der Waals surface area contributed by atoms with Crippen molar-refractivity contribution in [3.05, 3.63) is 70.2 Å². The van der Waals surface area contributed by atoms with Crippen LogP contribution in [0.3, 0.4) is 0 Å². The number of rotatable bonds is 9. The van der Waals surface area contributed by atoms with E-state index in [2.05, 4.69) is 0 Å². The summed E-state index contributed by atoms with van der Waals surface area (Å²) in [6.45, 7) is 5.64. The third kappa shape index (κ3) is 4.14. The number of carbonyl (C=O) groups excluding carboxylic acids is 1. The minimum absolute atomic E-state index is 0.281. The van der Waals surface area contributed by atoms with Crippen molar-refractivity contribution in [2.45, 2.75) is 32.1 Å². The van der Waals surface area contributed by atoms with E-state index in [1.54, 1.807) is 18.2 Å². The molecule has 0 aliphatic rings. The number of nitrogens with zero attached hydrogens (tertiary/aromatic N) is 1. The fraction of sp³-hybridized carbons (Fsp3) is 0.364. The SMILES string of the molecule is CCOC(OCC)(c1ccccc1)c1cc(Cl)ccc1C(C)(C(N)=O)N(C)C(=O)O. The summed E-state index contributed by atoms with van der Waals surface area (Å²) in [4.78, 5) is 25.3. The van der Waals surface area contributed by atoms with Gasteiger partial charge in [-0.1, -0.05) is 48.0 Å². The highest BCUT2D eigenvalue weighted by atomic mass is 35.5. The lowest BCUT2D eigenvalue weighted by atomic mass is 9.81. The fourth-order valence-electron chi connectivity index (χ4n) is 3.47. The van der Waals surface area contributed by atoms with E-state index in [0.29, 0.717) is 21.7 Å². The first-order valence-corrected chi connectivity index (χ1v) is 9.93. The number of hydrogen-bond acceptors (Lipinski definition) is 4. The van der Waals surface area contributed by atoms with E-state index < -0.39 is 23.3 Å². The predicted octanol–water partition coefficient (Wildman–Crippen LogP) is 3.92. The van der Waals surface area contributed by atoms with Gasteiger partial charge in [-0.2, -0.15) is 0 Å². The smallest absolute Gasteiger partial charge is 0.408 e. The number of likely N-dealkylation sites (N-methyl/N-ethyl adjacent to an activating group) is 1. The van der Waals surface area contributed by atoms with Crippen molar-refractivity contribution >= 4 is 23.6 Å². The van der Waals surface area contributed by atoms with Crippen LogP contribution in [-0.2, 0) is 25.6 Å². The molecule has 0 aliphatic heterocycles. The number of hydrogen-bond donors (Lipinski definition) is 2. The van der Waals surface area contributed by atoms with Crippen molar-refractivity contribution in [3.8, 4) is 0 Å². The topological polar surface area (TPSA) is 102 Å². The van der Waals surface area contributed by atoms with Gasteiger partial charge in [0.25, 0.3) is 0 Å². The highest BCUT2D eigenvalue weighted by molar-refractivity contribution is 6.30. The molecule has 2 amide bonds. The summed E-state index contributed by atoms with van der Waals surface area (Å²) in [5, 5.41) is 10.0. The molecule has 7 nitrogen and oxygen atoms in total. The van der Waals surface area contributed by atoms with Gasteiger partial charge in [-0.25, -0.2) is 4.79 Å². The summed E-state index contributed by atoms with van der Waals surface area (Å²) in [6, 6.07) is 14.0. The Bertz CT molecular complexity index is 900. The maximum Gasteiger partial charge on any atom is 0.408 e. The molecule has 1 unspecified atom stereocenters. The van der Waals surface area contributed by atoms with E-state index in [-0.39, 0.29) is 13.2 Å². The van der Waals surface area contributed by atoms with Gasteiger partial charge in [-0.15, -0.1) is 0 Å². The van der Waals surface area contributed by atoms with Gasteiger partial charge in [0.2, 0.25) is 11.7 Å². The maximum absolute atomic E-state index is 12.6. The van der Waals surface area contributed by atoms with Crippen LogP contribution in [-0.4, -0.2) is 42.3 Å². The van der Waals surface area contributed by atoms with Gasteiger partial charge in [0.15, 0.2) is 0 Å². The number of carbonyl (C=O) groups is 2. The lowest BCUT2D eigenvalue weighted by molar-refractivity contribution is -0.213. The predicted molar refractivity (Wildman–Crippen MR) is 114 cm³/mol. The standard InChI is InChI=1S/C22H27ClN2O5/c1-5-29-22(30-6-2,15-10-8-7-9-11-15)18-14-16(23)12-13-17(18)21(3,19(24)26)25(4)20(27)28/h7-14H,5-6H2,1-4H3,(H2,24,26)(H,27,28). The second-order valence-electron chi connectivity index (χ2n) is 6.82. The van der Waals surface area contributed by atoms with Crippen molar-refractivity contribution in [2.75, 3.05) is 20.3 Å². The van der Waals surface area contributed by atoms with E-state index in [1.807, 2.05) is 44.2 Å². The molecule has 0 saturated carbocycles. The van der Waals surface area contributed by atoms with Crippen LogP contribution in [0.2, 0.25) is 5.02 Å². The molecule has 8 heteroatoms. The van der Waals surface area contributed by atoms with Crippen molar-refractivity contribution in [2.24, 2.45) is 5.73 Å². The third-order valence-corrected chi connectivity index (χ3v) is 5.38. The summed E-state index contributed by atoms with van der Waals surface area (Å²) in [5.74, 6) is -2.27. The van der Waals surface area contributed by atoms with Crippen molar-refractivity contribution in [1.29, 1.82) is 0 Å². The zero-order valence-electron chi connectivity index (χ0n) is 17.5. The molecule has 3 N–H and O–H groups in total. The molecule has 1 atom stereocenters. The Labute approximate surface area is 181 Å². The molecule has 0 aromatic heterocycles. The largest absolute Gasteiger partial charge is 0.465 e. The molecule has 2 rings (SSSR count). The molecule has 0 spiro atoms. The van der Waals surface area contributed by atoms with E-state index in [9.17, 15) is 14.7 Å². The molecule has 0 saturated heterocycles. The van der Waals surface area contributed by atoms with Crippen LogP contribution >= 0.6 is 11.6 Å². The molecular formula is C22H27ClN2O5. The summed E-state index contributed by atoms with van der Waals surface area (Å²) < 4.78 is 12.3. The number of ether oxygens (including phenoxy) is 2. The van der Waals surface area contributed by atoms with Crippen molar-refractivity contribution < 1.29 is 24.2 Å². The molecule has 0 fully saturated rings. The molecule has 0 aliphatic carbocycles. The number of amides is 2. The number of carboxylic acid groups (broad SMARTS) is 1. The number of benzene rings is 2. The molecule has 162 valence electrons. The normalized spacial score (nSPS) is 13.5. The van der Waals surface area contributed by atoms with Crippen molar-refractivity contribution in [3.63, 3.8) is 0 Å². The lowest BCUT2D eigenvalue weighted by Crippen LogP contribution is -2.54. The molecule has 2 aromatic carbocycles. The maximum atomic E-state index is 12.6. The van der Waals surface area contributed by atoms with E-state index >= 15 is 0 Å². The second-order valence-corrected chi connectivity index (χ2v) is 7.25. The minimum Gasteiger partial charge on any atom is -0.465 e. The van der Waals surface area contributed by atoms with Crippen LogP contribution in [0.5, 0.6) is 0 Å². The van der Waals surface area contributed by atoms with Crippen LogP contribution in [0.1, 0.15) is 37.5 Å². The number of primary amides is 1. The third-order valence-electron chi connectivity index (χ3n) is 5.15. The molecular weight excluding hydrogens is 408 g/mol. The van der Waals surface area contributed by atoms with Gasteiger partial charge in [-0.05, 0) is 38.5 Å². The van der Waals surface area contributed by atoms with Gasteiger partial charge in [0.1, 0.15) is 5.54 Å². The molecule has 0 radical (unpaired) electrons. The van der Waals surface area contributed by atoms with Gasteiger partial charge in [0, 0.05) is 36.4 Å². The first-order valence-electron chi connectivity index (χ1n) is 9.55. The summed E-state index contributed by atoms with van der Waals surface area (Å²) in [6.07, 6.45) is -1.31. The van der Waals surface area contributed by atoms with Gasteiger partial charge < -0.3 is 20.3 Å². The zero-order chi connectivity index (χ0) is 22.5. The Morgan fingerprint density at radius 3 is 2.10 bits per heavy atom. The lowest BCUT2D eigenvalue weighted by Gasteiger charge is -2.41. The van der Waals surface area contributed by atoms with Crippen LogP contribution in [0.4, 0.5) is 4.79 Å². The quantitative estimate of drug-likeness (QED) is 0.582. The Morgan fingerprint density at radius 2 is 1.63 bits per heavy atom. The monoisotopic (exact) mass is 434 g/mol. The molecule has 2 aromatic rings. The highest BCUT2D eigenvalue weighted by Crippen LogP contribution is 2.43. The van der Waals surface area contributed by atoms with Gasteiger partial charge >= 0.3 is 6.09 Å². The van der Waals surface area contributed by atoms with Crippen LogP contribution < -0.4 is 5.73 Å². The van der Waals surface area contributed by atoms with Crippen LogP contribution in [0.25, 0.3) is 0 Å². The van der Waals surface area contributed by atoms with Crippen LogP contribution in [0.15, 0.2) is 48.5 Å². The average molecular weight is 435 g/mol. The van der Waals surface area contributed by atoms with E-state index in [0.717, 1.165) is 4.90 Å². The number of nitrogens with two attached hydrogens (primary N) is 1. The van der Waals surface area contributed by atoms with E-state index in [1.165, 1.54) is 14.0 Å². The first kappa shape index (κ1) is 23.7. The first-order chi connectivity index (χ1) is 14.1.